The highest BCUT2D eigenvalue weighted by atomic mass is 32.2. The summed E-state index contributed by atoms with van der Waals surface area (Å²) in [7, 11) is -0.476. The molecular weight excluding hydrogens is 509 g/mol. The highest BCUT2D eigenvalue weighted by molar-refractivity contribution is 7.89. The van der Waals surface area contributed by atoms with Crippen molar-refractivity contribution in [1.29, 1.82) is 0 Å². The van der Waals surface area contributed by atoms with E-state index in [9.17, 15) is 21.6 Å². The van der Waals surface area contributed by atoms with Crippen LogP contribution in [-0.4, -0.2) is 55.3 Å². The zero-order chi connectivity index (χ0) is 27.5. The maximum atomic E-state index is 14.7. The number of aryl methyl sites for hydroxylation is 1. The molecule has 0 fully saturated rings. The molecule has 0 saturated heterocycles. The van der Waals surface area contributed by atoms with Crippen LogP contribution in [0.5, 0.6) is 11.5 Å². The summed E-state index contributed by atoms with van der Waals surface area (Å²) in [4.78, 5) is 8.87. The maximum absolute atomic E-state index is 14.7. The summed E-state index contributed by atoms with van der Waals surface area (Å²) < 4.78 is 78.2. The quantitative estimate of drug-likeness (QED) is 0.355. The molecule has 3 aromatic rings. The van der Waals surface area contributed by atoms with Crippen LogP contribution in [0.15, 0.2) is 30.3 Å². The smallest absolute Gasteiger partial charge is 0.266 e. The van der Waals surface area contributed by atoms with E-state index in [1.165, 1.54) is 30.6 Å². The van der Waals surface area contributed by atoms with E-state index in [0.29, 0.717) is 34.0 Å². The SMILES string of the molecule is COc1cc2nc(C)nc(N[C@H](C)c3cccc(C(F)F)c3F)c2cc1OCCN(C)S(=O)(=O)C(C)C. The number of ether oxygens (including phenoxy) is 2. The van der Waals surface area contributed by atoms with E-state index in [1.807, 2.05) is 0 Å². The number of benzene rings is 2. The molecule has 8 nitrogen and oxygen atoms in total. The fourth-order valence-electron chi connectivity index (χ4n) is 3.76. The highest BCUT2D eigenvalue weighted by Gasteiger charge is 2.23. The van der Waals surface area contributed by atoms with Crippen LogP contribution >= 0.6 is 0 Å². The Labute approximate surface area is 214 Å². The monoisotopic (exact) mass is 540 g/mol. The average molecular weight is 541 g/mol. The summed E-state index contributed by atoms with van der Waals surface area (Å²) >= 11 is 0. The third-order valence-corrected chi connectivity index (χ3v) is 8.14. The number of sulfonamides is 1. The van der Waals surface area contributed by atoms with Gasteiger partial charge in [0, 0.05) is 30.6 Å². The van der Waals surface area contributed by atoms with Crippen molar-refractivity contribution in [3.05, 3.63) is 53.1 Å². The maximum Gasteiger partial charge on any atom is 0.266 e. The molecule has 1 aromatic heterocycles. The van der Waals surface area contributed by atoms with Gasteiger partial charge < -0.3 is 14.8 Å². The zero-order valence-electron chi connectivity index (χ0n) is 21.5. The van der Waals surface area contributed by atoms with Crippen molar-refractivity contribution in [3.8, 4) is 11.5 Å². The molecule has 0 spiro atoms. The van der Waals surface area contributed by atoms with E-state index >= 15 is 0 Å². The second kappa shape index (κ2) is 11.5. The molecule has 1 heterocycles. The lowest BCUT2D eigenvalue weighted by Crippen LogP contribution is -2.35. The Kier molecular flexibility index (Phi) is 8.85. The molecule has 0 aliphatic rings. The molecule has 202 valence electrons. The summed E-state index contributed by atoms with van der Waals surface area (Å²) in [6, 6.07) is 6.48. The first kappa shape index (κ1) is 28.5. The van der Waals surface area contributed by atoms with E-state index in [4.69, 9.17) is 9.47 Å². The molecule has 1 N–H and O–H groups in total. The number of halogens is 3. The summed E-state index contributed by atoms with van der Waals surface area (Å²) in [6.45, 7) is 6.71. The first-order chi connectivity index (χ1) is 17.4. The lowest BCUT2D eigenvalue weighted by Gasteiger charge is -2.21. The number of anilines is 1. The molecule has 0 unspecified atom stereocenters. The van der Waals surface area contributed by atoms with Gasteiger partial charge in [-0.05, 0) is 33.8 Å². The van der Waals surface area contributed by atoms with Crippen LogP contribution in [0.4, 0.5) is 19.0 Å². The van der Waals surface area contributed by atoms with Crippen molar-refractivity contribution < 1.29 is 31.1 Å². The standard InChI is InChI=1S/C25H31F3N4O4S/c1-14(2)37(33,34)32(5)10-11-36-22-12-19-20(13-21(22)35-6)30-16(4)31-25(19)29-15(3)17-8-7-9-18(23(17)26)24(27)28/h7-9,12-15,24H,10-11H2,1-6H3,(H,29,30,31)/t15-/m1/s1. The van der Waals surface area contributed by atoms with Gasteiger partial charge in [0.2, 0.25) is 10.0 Å². The van der Waals surface area contributed by atoms with Crippen molar-refractivity contribution in [2.24, 2.45) is 0 Å². The van der Waals surface area contributed by atoms with Crippen LogP contribution in [0.2, 0.25) is 0 Å². The number of nitrogens with one attached hydrogen (secondary N) is 1. The highest BCUT2D eigenvalue weighted by Crippen LogP contribution is 2.36. The lowest BCUT2D eigenvalue weighted by molar-refractivity contribution is 0.146. The summed E-state index contributed by atoms with van der Waals surface area (Å²) in [5.74, 6) is 0.525. The minimum Gasteiger partial charge on any atom is -0.493 e. The van der Waals surface area contributed by atoms with Gasteiger partial charge in [-0.3, -0.25) is 0 Å². The van der Waals surface area contributed by atoms with Crippen LogP contribution in [0, 0.1) is 12.7 Å². The second-order valence-electron chi connectivity index (χ2n) is 8.82. The molecule has 0 radical (unpaired) electrons. The number of hydrogen-bond donors (Lipinski definition) is 1. The largest absolute Gasteiger partial charge is 0.493 e. The van der Waals surface area contributed by atoms with E-state index in [-0.39, 0.29) is 18.7 Å². The van der Waals surface area contributed by atoms with Crippen LogP contribution in [0.3, 0.4) is 0 Å². The van der Waals surface area contributed by atoms with Crippen molar-refractivity contribution >= 4 is 26.7 Å². The Bertz CT molecular complexity index is 1370. The molecular formula is C25H31F3N4O4S. The molecule has 0 saturated carbocycles. The van der Waals surface area contributed by atoms with Gasteiger partial charge in [0.25, 0.3) is 6.43 Å². The topological polar surface area (TPSA) is 93.7 Å². The molecule has 0 aliphatic carbocycles. The summed E-state index contributed by atoms with van der Waals surface area (Å²) in [5.41, 5.74) is -0.0750. The van der Waals surface area contributed by atoms with Gasteiger partial charge in [0.15, 0.2) is 11.5 Å². The number of methoxy groups -OCH3 is 1. The first-order valence-corrected chi connectivity index (χ1v) is 13.1. The normalized spacial score (nSPS) is 13.0. The number of hydrogen-bond acceptors (Lipinski definition) is 7. The number of rotatable bonds is 11. The third kappa shape index (κ3) is 6.24. The van der Waals surface area contributed by atoms with Crippen molar-refractivity contribution in [3.63, 3.8) is 0 Å². The Morgan fingerprint density at radius 3 is 2.38 bits per heavy atom. The predicted molar refractivity (Wildman–Crippen MR) is 136 cm³/mol. The molecule has 0 amide bonds. The Morgan fingerprint density at radius 2 is 1.76 bits per heavy atom. The molecule has 12 heteroatoms. The third-order valence-electron chi connectivity index (χ3n) is 5.90. The number of fused-ring (bicyclic) bond motifs is 1. The average Bonchev–Trinajstić information content (AvgIpc) is 2.83. The van der Waals surface area contributed by atoms with Gasteiger partial charge in [0.05, 0.1) is 29.5 Å². The first-order valence-electron chi connectivity index (χ1n) is 11.6. The summed E-state index contributed by atoms with van der Waals surface area (Å²) in [6.07, 6.45) is -2.93. The Morgan fingerprint density at radius 1 is 1.08 bits per heavy atom. The fraction of sp³-hybridized carbons (Fsp3) is 0.440. The number of nitrogens with zero attached hydrogens (tertiary/aromatic N) is 3. The van der Waals surface area contributed by atoms with E-state index in [1.54, 1.807) is 39.8 Å². The zero-order valence-corrected chi connectivity index (χ0v) is 22.4. The van der Waals surface area contributed by atoms with E-state index in [2.05, 4.69) is 15.3 Å². The minimum atomic E-state index is -3.43. The molecule has 2 aromatic carbocycles. The van der Waals surface area contributed by atoms with Crippen LogP contribution in [0.1, 0.15) is 50.2 Å². The van der Waals surface area contributed by atoms with E-state index < -0.39 is 39.1 Å². The molecule has 1 atom stereocenters. The van der Waals surface area contributed by atoms with Crippen molar-refractivity contribution in [2.75, 3.05) is 32.6 Å². The molecule has 37 heavy (non-hydrogen) atoms. The predicted octanol–water partition coefficient (Wildman–Crippen LogP) is 5.25. The van der Waals surface area contributed by atoms with Gasteiger partial charge in [-0.1, -0.05) is 18.2 Å². The molecule has 3 rings (SSSR count). The van der Waals surface area contributed by atoms with Crippen LogP contribution in [-0.2, 0) is 10.0 Å². The van der Waals surface area contributed by atoms with Gasteiger partial charge in [-0.25, -0.2) is 35.9 Å². The second-order valence-corrected chi connectivity index (χ2v) is 11.4. The van der Waals surface area contributed by atoms with Crippen molar-refractivity contribution in [2.45, 2.75) is 45.4 Å². The van der Waals surface area contributed by atoms with E-state index in [0.717, 1.165) is 6.07 Å². The number of aromatic nitrogens is 2. The van der Waals surface area contributed by atoms with Crippen LogP contribution in [0.25, 0.3) is 10.9 Å². The van der Waals surface area contributed by atoms with Crippen LogP contribution < -0.4 is 14.8 Å². The molecule has 0 bridgehead atoms. The number of likely N-dealkylation sites (N-methyl/N-ethyl adjacent to an activating group) is 1. The van der Waals surface area contributed by atoms with Crippen molar-refractivity contribution in [1.82, 2.24) is 14.3 Å². The van der Waals surface area contributed by atoms with Gasteiger partial charge in [-0.2, -0.15) is 0 Å². The Balaban J connectivity index is 1.93. The lowest BCUT2D eigenvalue weighted by atomic mass is 10.0. The Hall–Kier alpha value is -3.12. The number of alkyl halides is 2. The van der Waals surface area contributed by atoms with Gasteiger partial charge in [-0.15, -0.1) is 0 Å². The summed E-state index contributed by atoms with van der Waals surface area (Å²) in [5, 5.41) is 3.07. The molecule has 0 aliphatic heterocycles. The minimum absolute atomic E-state index is 0.0574. The van der Waals surface area contributed by atoms with Gasteiger partial charge >= 0.3 is 0 Å². The fourth-order valence-corrected chi connectivity index (χ4v) is 4.81. The van der Waals surface area contributed by atoms with Gasteiger partial charge in [0.1, 0.15) is 24.1 Å².